The Hall–Kier alpha value is -1.86. The Labute approximate surface area is 156 Å². The Bertz CT molecular complexity index is 685. The Morgan fingerprint density at radius 1 is 1.28 bits per heavy atom. The molecule has 0 unspecified atom stereocenters. The zero-order chi connectivity index (χ0) is 18.1. The van der Waals surface area contributed by atoms with Crippen LogP contribution in [0.1, 0.15) is 42.7 Å². The van der Waals surface area contributed by atoms with Crippen LogP contribution in [-0.4, -0.2) is 29.5 Å². The van der Waals surface area contributed by atoms with Gasteiger partial charge in [0.1, 0.15) is 0 Å². The number of hydrogen-bond donors (Lipinski definition) is 1. The van der Waals surface area contributed by atoms with Gasteiger partial charge in [0.2, 0.25) is 0 Å². The molecule has 0 aliphatic rings. The zero-order valence-electron chi connectivity index (χ0n) is 14.4. The molecule has 1 aromatic heterocycles. The topological polar surface area (TPSA) is 68.3 Å². The molecule has 5 nitrogen and oxygen atoms in total. The molecule has 0 atom stereocenters. The molecule has 0 bridgehead atoms. The largest absolute Gasteiger partial charge is 0.452 e. The third-order valence-corrected chi connectivity index (χ3v) is 5.39. The molecule has 0 aliphatic carbocycles. The van der Waals surface area contributed by atoms with Crippen molar-refractivity contribution in [2.75, 3.05) is 6.61 Å². The van der Waals surface area contributed by atoms with Crippen molar-refractivity contribution in [1.29, 1.82) is 0 Å². The molecule has 2 rings (SSSR count). The highest BCUT2D eigenvalue weighted by atomic mass is 32.2. The molecule has 0 saturated heterocycles. The summed E-state index contributed by atoms with van der Waals surface area (Å²) in [5, 5.41) is 4.84. The Balaban J connectivity index is 1.91. The number of nitrogens with zero attached hydrogens (tertiary/aromatic N) is 1. The summed E-state index contributed by atoms with van der Waals surface area (Å²) in [4.78, 5) is 29.3. The van der Waals surface area contributed by atoms with E-state index < -0.39 is 5.97 Å². The lowest BCUT2D eigenvalue weighted by Gasteiger charge is -2.15. The van der Waals surface area contributed by atoms with Crippen LogP contribution < -0.4 is 5.32 Å². The van der Waals surface area contributed by atoms with Gasteiger partial charge in [-0.2, -0.15) is 0 Å². The molecular formula is C18H22N2O3S2. The lowest BCUT2D eigenvalue weighted by atomic mass is 10.2. The molecule has 0 radical (unpaired) electrons. The standard InChI is InChI=1S/C18H22N2O3S2/c1-3-13(4-2)20-17(21)9-23-18(22)15-7-5-6-8-16(15)25-11-14-10-24-12-19-14/h5-8,10,12-13H,3-4,9,11H2,1-2H3,(H,20,21). The third-order valence-electron chi connectivity index (χ3n) is 3.65. The molecule has 0 spiro atoms. The maximum atomic E-state index is 12.3. The molecule has 0 saturated carbocycles. The van der Waals surface area contributed by atoms with E-state index in [1.54, 1.807) is 29.0 Å². The van der Waals surface area contributed by atoms with Crippen molar-refractivity contribution >= 4 is 35.0 Å². The minimum Gasteiger partial charge on any atom is -0.452 e. The third kappa shape index (κ3) is 6.17. The number of hydrogen-bond acceptors (Lipinski definition) is 6. The first-order chi connectivity index (χ1) is 12.1. The molecule has 2 aromatic rings. The van der Waals surface area contributed by atoms with Crippen molar-refractivity contribution < 1.29 is 14.3 Å². The van der Waals surface area contributed by atoms with Crippen molar-refractivity contribution in [2.24, 2.45) is 0 Å². The van der Waals surface area contributed by atoms with Gasteiger partial charge in [0.05, 0.1) is 16.8 Å². The number of amides is 1. The van der Waals surface area contributed by atoms with Gasteiger partial charge < -0.3 is 10.1 Å². The normalized spacial score (nSPS) is 10.7. The summed E-state index contributed by atoms with van der Waals surface area (Å²) in [5.74, 6) is -0.0705. The van der Waals surface area contributed by atoms with Gasteiger partial charge in [-0.05, 0) is 25.0 Å². The van der Waals surface area contributed by atoms with Crippen LogP contribution in [0, 0.1) is 0 Å². The lowest BCUT2D eigenvalue weighted by molar-refractivity contribution is -0.125. The molecule has 0 fully saturated rings. The van der Waals surface area contributed by atoms with E-state index in [1.807, 2.05) is 31.4 Å². The van der Waals surface area contributed by atoms with Crippen LogP contribution >= 0.6 is 23.1 Å². The van der Waals surface area contributed by atoms with Gasteiger partial charge >= 0.3 is 5.97 Å². The molecule has 0 aliphatic heterocycles. The van der Waals surface area contributed by atoms with Crippen molar-refractivity contribution in [1.82, 2.24) is 10.3 Å². The average molecular weight is 379 g/mol. The first-order valence-corrected chi connectivity index (χ1v) is 10.1. The lowest BCUT2D eigenvalue weighted by Crippen LogP contribution is -2.36. The van der Waals surface area contributed by atoms with Gasteiger partial charge in [-0.1, -0.05) is 26.0 Å². The maximum Gasteiger partial charge on any atom is 0.339 e. The van der Waals surface area contributed by atoms with Crippen LogP contribution in [0.4, 0.5) is 0 Å². The summed E-state index contributed by atoms with van der Waals surface area (Å²) in [6, 6.07) is 7.36. The van der Waals surface area contributed by atoms with E-state index in [4.69, 9.17) is 4.74 Å². The van der Waals surface area contributed by atoms with Crippen molar-refractivity contribution in [2.45, 2.75) is 43.4 Å². The van der Waals surface area contributed by atoms with E-state index in [-0.39, 0.29) is 18.6 Å². The van der Waals surface area contributed by atoms with Crippen molar-refractivity contribution in [3.8, 4) is 0 Å². The predicted octanol–water partition coefficient (Wildman–Crippen LogP) is 3.90. The summed E-state index contributed by atoms with van der Waals surface area (Å²) >= 11 is 3.07. The minimum atomic E-state index is -0.485. The molecular weight excluding hydrogens is 356 g/mol. The van der Waals surface area contributed by atoms with E-state index in [0.29, 0.717) is 11.3 Å². The van der Waals surface area contributed by atoms with Crippen LogP contribution in [0.2, 0.25) is 0 Å². The van der Waals surface area contributed by atoms with Crippen LogP contribution in [0.25, 0.3) is 0 Å². The summed E-state index contributed by atoms with van der Waals surface area (Å²) in [6.07, 6.45) is 1.71. The highest BCUT2D eigenvalue weighted by Crippen LogP contribution is 2.26. The van der Waals surface area contributed by atoms with Crippen LogP contribution in [0.5, 0.6) is 0 Å². The van der Waals surface area contributed by atoms with Gasteiger partial charge in [-0.25, -0.2) is 9.78 Å². The second-order valence-corrected chi connectivity index (χ2v) is 7.16. The number of thioether (sulfide) groups is 1. The molecule has 134 valence electrons. The van der Waals surface area contributed by atoms with E-state index >= 15 is 0 Å². The fourth-order valence-corrected chi connectivity index (χ4v) is 3.80. The number of carbonyl (C=O) groups excluding carboxylic acids is 2. The molecule has 1 heterocycles. The van der Waals surface area contributed by atoms with E-state index in [2.05, 4.69) is 10.3 Å². The number of benzene rings is 1. The van der Waals surface area contributed by atoms with Gasteiger partial charge in [0.15, 0.2) is 6.61 Å². The van der Waals surface area contributed by atoms with E-state index in [0.717, 1.165) is 23.4 Å². The average Bonchev–Trinajstić information content (AvgIpc) is 3.16. The van der Waals surface area contributed by atoms with E-state index in [1.165, 1.54) is 11.8 Å². The Morgan fingerprint density at radius 3 is 2.72 bits per heavy atom. The molecule has 1 amide bonds. The highest BCUT2D eigenvalue weighted by molar-refractivity contribution is 7.98. The van der Waals surface area contributed by atoms with Crippen LogP contribution in [0.3, 0.4) is 0 Å². The second-order valence-electron chi connectivity index (χ2n) is 5.42. The molecule has 25 heavy (non-hydrogen) atoms. The predicted molar refractivity (Wildman–Crippen MR) is 101 cm³/mol. The van der Waals surface area contributed by atoms with Gasteiger partial charge in [-0.3, -0.25) is 4.79 Å². The quantitative estimate of drug-likeness (QED) is 0.529. The summed E-state index contributed by atoms with van der Waals surface area (Å²) in [6.45, 7) is 3.76. The second kappa shape index (κ2) is 10.2. The number of carbonyl (C=O) groups is 2. The minimum absolute atomic E-state index is 0.118. The van der Waals surface area contributed by atoms with Gasteiger partial charge in [0, 0.05) is 22.1 Å². The fraction of sp³-hybridized carbons (Fsp3) is 0.389. The maximum absolute atomic E-state index is 12.3. The number of esters is 1. The molecule has 1 N–H and O–H groups in total. The monoisotopic (exact) mass is 378 g/mol. The van der Waals surface area contributed by atoms with Crippen molar-refractivity contribution in [3.05, 3.63) is 46.4 Å². The first kappa shape index (κ1) is 19.5. The highest BCUT2D eigenvalue weighted by Gasteiger charge is 2.16. The molecule has 1 aromatic carbocycles. The van der Waals surface area contributed by atoms with Crippen molar-refractivity contribution in [3.63, 3.8) is 0 Å². The number of thiazole rings is 1. The summed E-state index contributed by atoms with van der Waals surface area (Å²) in [7, 11) is 0. The number of nitrogens with one attached hydrogen (secondary N) is 1. The smallest absolute Gasteiger partial charge is 0.339 e. The van der Waals surface area contributed by atoms with Crippen LogP contribution in [-0.2, 0) is 15.3 Å². The summed E-state index contributed by atoms with van der Waals surface area (Å²) in [5.41, 5.74) is 3.23. The number of ether oxygens (including phenoxy) is 1. The molecule has 7 heteroatoms. The van der Waals surface area contributed by atoms with Crippen LogP contribution in [0.15, 0.2) is 40.1 Å². The Morgan fingerprint density at radius 2 is 2.04 bits per heavy atom. The zero-order valence-corrected chi connectivity index (χ0v) is 16.0. The number of rotatable bonds is 9. The SMILES string of the molecule is CCC(CC)NC(=O)COC(=O)c1ccccc1SCc1cscn1. The fourth-order valence-electron chi connectivity index (χ4n) is 2.19. The van der Waals surface area contributed by atoms with E-state index in [9.17, 15) is 9.59 Å². The first-order valence-electron chi connectivity index (χ1n) is 8.19. The van der Waals surface area contributed by atoms with Gasteiger partial charge in [0.25, 0.3) is 5.91 Å². The summed E-state index contributed by atoms with van der Waals surface area (Å²) < 4.78 is 5.18. The Kier molecular flexibility index (Phi) is 7.94. The number of aromatic nitrogens is 1. The van der Waals surface area contributed by atoms with Gasteiger partial charge in [-0.15, -0.1) is 23.1 Å².